The van der Waals surface area contributed by atoms with Crippen LogP contribution >= 0.6 is 0 Å². The number of para-hydroxylation sites is 1. The Bertz CT molecular complexity index is 2140. The maximum Gasteiger partial charge on any atom is 0.243 e. The number of benzene rings is 2. The molecule has 64 heavy (non-hydrogen) atoms. The third-order valence-corrected chi connectivity index (χ3v) is 12.1. The van der Waals surface area contributed by atoms with Crippen LogP contribution in [-0.2, 0) is 46.7 Å². The number of hydrogen-bond donors (Lipinski definition) is 13. The summed E-state index contributed by atoms with van der Waals surface area (Å²) in [6, 6.07) is 10.2. The average molecular weight is 912 g/mol. The van der Waals surface area contributed by atoms with Crippen molar-refractivity contribution >= 4 is 56.2 Å². The Morgan fingerprint density at radius 1 is 0.828 bits per heavy atom. The van der Waals surface area contributed by atoms with Crippen molar-refractivity contribution < 1.29 is 42.6 Å². The SMILES string of the molecule is C[C@H]1CCC(=O)NCCCCC(C(N)=O)N[C@@H](O)[C@H](Cc2c[nH]c3ccccc23)NC(=O)[C@H](CCCNC(=N)N)NC(=O)[C@@H](Cc2ccccc2)NC(=O)[C@H](CCS(C)(=O)=O)N[C@H]1O. The maximum absolute atomic E-state index is 14.4. The fraction of sp³-hybridized carbons (Fsp3) is 0.535. The summed E-state index contributed by atoms with van der Waals surface area (Å²) in [4.78, 5) is 71.6. The van der Waals surface area contributed by atoms with E-state index >= 15 is 0 Å². The lowest BCUT2D eigenvalue weighted by Crippen LogP contribution is -2.61. The first-order valence-corrected chi connectivity index (χ1v) is 23.7. The standard InChI is InChI=1S/C43H65N11O9S/c1-26-17-18-36(55)47-20-9-8-15-31(37(44)56)50-42(61)35(24-28-25-49-30-14-7-6-13-29(28)30)54-39(58)32(16-10-21-48-43(45)46)52-41(60)34(23-27-11-4-3-5-12-27)53-40(59)33(51-38(26)57)19-22-64(2,62)63/h3-7,11-14,25-26,31-35,38,42,49-51,57,61H,8-10,15-24H2,1-2H3,(H2,44,56)(H,47,55)(H,52,60)(H,53,59)(H,54,58)(H4,45,46,48)/t26-,31?,32-,33-,34+,35-,38-,42-/m0/s1. The van der Waals surface area contributed by atoms with Crippen molar-refractivity contribution in [3.63, 3.8) is 0 Å². The molecule has 352 valence electrons. The highest BCUT2D eigenvalue weighted by atomic mass is 32.2. The Morgan fingerprint density at radius 2 is 1.50 bits per heavy atom. The van der Waals surface area contributed by atoms with Crippen LogP contribution in [0.4, 0.5) is 0 Å². The molecule has 0 bridgehead atoms. The molecule has 2 aromatic carbocycles. The van der Waals surface area contributed by atoms with E-state index in [1.165, 1.54) is 0 Å². The van der Waals surface area contributed by atoms with Gasteiger partial charge in [-0.15, -0.1) is 0 Å². The predicted octanol–water partition coefficient (Wildman–Crippen LogP) is -1.14. The molecule has 1 fully saturated rings. The van der Waals surface area contributed by atoms with Crippen LogP contribution < -0.4 is 48.7 Å². The Hall–Kier alpha value is -5.61. The minimum Gasteiger partial charge on any atom is -0.378 e. The molecule has 21 heteroatoms. The van der Waals surface area contributed by atoms with E-state index in [-0.39, 0.29) is 76.3 Å². The molecule has 1 saturated heterocycles. The molecule has 20 nitrogen and oxygen atoms in total. The number of aliphatic hydroxyl groups is 2. The molecular weight excluding hydrogens is 847 g/mol. The molecule has 1 aliphatic rings. The summed E-state index contributed by atoms with van der Waals surface area (Å²) in [6.45, 7) is 2.11. The first-order chi connectivity index (χ1) is 30.4. The van der Waals surface area contributed by atoms with Crippen molar-refractivity contribution in [1.29, 1.82) is 5.41 Å². The molecule has 4 rings (SSSR count). The number of sulfone groups is 1. The van der Waals surface area contributed by atoms with Crippen LogP contribution in [0.3, 0.4) is 0 Å². The highest BCUT2D eigenvalue weighted by Crippen LogP contribution is 2.21. The van der Waals surface area contributed by atoms with Gasteiger partial charge in [0.1, 0.15) is 34.4 Å². The zero-order valence-electron chi connectivity index (χ0n) is 36.4. The number of aromatic nitrogens is 1. The number of amides is 5. The third-order valence-electron chi connectivity index (χ3n) is 11.1. The van der Waals surface area contributed by atoms with E-state index < -0.39 is 87.8 Å². The molecule has 0 spiro atoms. The Labute approximate surface area is 373 Å². The molecule has 1 aromatic heterocycles. The number of fused-ring (bicyclic) bond motifs is 1. The minimum absolute atomic E-state index is 0.0102. The largest absolute Gasteiger partial charge is 0.378 e. The zero-order chi connectivity index (χ0) is 46.8. The average Bonchev–Trinajstić information content (AvgIpc) is 3.65. The van der Waals surface area contributed by atoms with Crippen LogP contribution in [0.1, 0.15) is 69.4 Å². The van der Waals surface area contributed by atoms with Gasteiger partial charge in [-0.2, -0.15) is 0 Å². The number of rotatable bonds is 12. The summed E-state index contributed by atoms with van der Waals surface area (Å²) < 4.78 is 24.5. The zero-order valence-corrected chi connectivity index (χ0v) is 37.2. The van der Waals surface area contributed by atoms with Gasteiger partial charge in [0.2, 0.25) is 29.5 Å². The van der Waals surface area contributed by atoms with Gasteiger partial charge in [-0.1, -0.05) is 55.5 Å². The number of aliphatic hydroxyl groups excluding tert-OH is 2. The van der Waals surface area contributed by atoms with Crippen molar-refractivity contribution in [2.45, 2.75) is 114 Å². The number of H-pyrrole nitrogens is 1. The maximum atomic E-state index is 14.4. The van der Waals surface area contributed by atoms with E-state index in [0.29, 0.717) is 18.4 Å². The highest BCUT2D eigenvalue weighted by Gasteiger charge is 2.34. The molecule has 1 aliphatic heterocycles. The number of carbonyl (C=O) groups is 5. The molecule has 3 aromatic rings. The first kappa shape index (κ1) is 51.0. The number of nitrogens with one attached hydrogen (secondary N) is 9. The number of nitrogens with two attached hydrogens (primary N) is 2. The van der Waals surface area contributed by atoms with Gasteiger partial charge in [0.05, 0.1) is 23.9 Å². The molecule has 1 unspecified atom stereocenters. The molecule has 0 saturated carbocycles. The van der Waals surface area contributed by atoms with Gasteiger partial charge in [-0.25, -0.2) is 8.42 Å². The molecule has 15 N–H and O–H groups in total. The molecule has 0 radical (unpaired) electrons. The van der Waals surface area contributed by atoms with Gasteiger partial charge < -0.3 is 53.2 Å². The van der Waals surface area contributed by atoms with E-state index in [1.807, 2.05) is 24.3 Å². The van der Waals surface area contributed by atoms with Gasteiger partial charge in [0.15, 0.2) is 5.96 Å². The number of guanidine groups is 1. The molecule has 2 heterocycles. The van der Waals surface area contributed by atoms with Crippen LogP contribution in [0.5, 0.6) is 0 Å². The minimum atomic E-state index is -3.58. The fourth-order valence-corrected chi connectivity index (χ4v) is 8.06. The van der Waals surface area contributed by atoms with E-state index in [4.69, 9.17) is 16.9 Å². The van der Waals surface area contributed by atoms with E-state index in [0.717, 1.165) is 22.7 Å². The summed E-state index contributed by atoms with van der Waals surface area (Å²) >= 11 is 0. The number of primary amides is 1. The van der Waals surface area contributed by atoms with Gasteiger partial charge >= 0.3 is 0 Å². The van der Waals surface area contributed by atoms with Crippen LogP contribution in [0.2, 0.25) is 0 Å². The van der Waals surface area contributed by atoms with Gasteiger partial charge in [0, 0.05) is 49.3 Å². The van der Waals surface area contributed by atoms with Crippen LogP contribution in [-0.4, -0.2) is 127 Å². The monoisotopic (exact) mass is 911 g/mol. The lowest BCUT2D eigenvalue weighted by molar-refractivity contribution is -0.133. The van der Waals surface area contributed by atoms with Crippen LogP contribution in [0, 0.1) is 11.3 Å². The number of carbonyl (C=O) groups excluding carboxylic acids is 5. The van der Waals surface area contributed by atoms with Gasteiger partial charge in [0.25, 0.3) is 0 Å². The van der Waals surface area contributed by atoms with Crippen molar-refractivity contribution in [1.82, 2.24) is 42.2 Å². The molecule has 5 amide bonds. The third kappa shape index (κ3) is 17.2. The first-order valence-electron chi connectivity index (χ1n) is 21.6. The lowest BCUT2D eigenvalue weighted by atomic mass is 10.0. The van der Waals surface area contributed by atoms with Gasteiger partial charge in [-0.3, -0.25) is 40.0 Å². The van der Waals surface area contributed by atoms with Crippen molar-refractivity contribution in [3.8, 4) is 0 Å². The second-order valence-corrected chi connectivity index (χ2v) is 18.7. The molecular formula is C43H65N11O9S. The lowest BCUT2D eigenvalue weighted by Gasteiger charge is -2.31. The molecule has 0 aliphatic carbocycles. The normalized spacial score (nSPS) is 25.5. The van der Waals surface area contributed by atoms with E-state index in [2.05, 4.69) is 42.2 Å². The Morgan fingerprint density at radius 3 is 2.20 bits per heavy atom. The van der Waals surface area contributed by atoms with E-state index in [1.54, 1.807) is 43.5 Å². The van der Waals surface area contributed by atoms with Gasteiger partial charge in [-0.05, 0) is 74.5 Å². The van der Waals surface area contributed by atoms with Crippen molar-refractivity contribution in [3.05, 3.63) is 71.9 Å². The van der Waals surface area contributed by atoms with Crippen LogP contribution in [0.25, 0.3) is 10.9 Å². The van der Waals surface area contributed by atoms with Crippen molar-refractivity contribution in [2.75, 3.05) is 25.1 Å². The summed E-state index contributed by atoms with van der Waals surface area (Å²) in [5.74, 6) is -4.59. The number of aromatic amines is 1. The predicted molar refractivity (Wildman–Crippen MR) is 242 cm³/mol. The summed E-state index contributed by atoms with van der Waals surface area (Å²) in [7, 11) is -3.58. The summed E-state index contributed by atoms with van der Waals surface area (Å²) in [6.07, 6.45) is 1.21. The smallest absolute Gasteiger partial charge is 0.243 e. The second-order valence-electron chi connectivity index (χ2n) is 16.5. The highest BCUT2D eigenvalue weighted by molar-refractivity contribution is 7.90. The Balaban J connectivity index is 1.73. The van der Waals surface area contributed by atoms with E-state index in [9.17, 15) is 42.6 Å². The quantitative estimate of drug-likeness (QED) is 0.0582. The fourth-order valence-electron chi connectivity index (χ4n) is 7.39. The van der Waals surface area contributed by atoms with Crippen molar-refractivity contribution in [2.24, 2.45) is 17.4 Å². The summed E-state index contributed by atoms with van der Waals surface area (Å²) in [5.41, 5.74) is 13.5. The Kier molecular flexibility index (Phi) is 20.0. The van der Waals surface area contributed by atoms with Crippen LogP contribution in [0.15, 0.2) is 60.8 Å². The summed E-state index contributed by atoms with van der Waals surface area (Å²) in [5, 5.41) is 50.9. The second kappa shape index (κ2) is 25.0. The number of hydrogen-bond acceptors (Lipinski definition) is 12. The topological polar surface area (TPSA) is 336 Å². The molecule has 8 atom stereocenters.